The highest BCUT2D eigenvalue weighted by Gasteiger charge is 2.44. The molecular weight excluding hydrogens is 384 g/mol. The second-order valence-electron chi connectivity index (χ2n) is 10.0. The zero-order valence-corrected chi connectivity index (χ0v) is 19.9. The van der Waals surface area contributed by atoms with Crippen LogP contribution in [-0.2, 0) is 9.47 Å². The number of aliphatic hydroxyl groups is 4. The SMILES string of the molecule is CC(C)CCCC(C)CCCC(C)CCCC(C)OC1O[C@H](CO)[C@@H](O)[C@H](O)[C@H]1O. The maximum Gasteiger partial charge on any atom is 0.186 e. The number of rotatable bonds is 15. The summed E-state index contributed by atoms with van der Waals surface area (Å²) in [5.41, 5.74) is 0. The van der Waals surface area contributed by atoms with E-state index in [1.165, 1.54) is 38.5 Å². The molecular formula is C24H48O6. The molecule has 0 spiro atoms. The van der Waals surface area contributed by atoms with Crippen LogP contribution in [0.4, 0.5) is 0 Å². The van der Waals surface area contributed by atoms with E-state index < -0.39 is 37.3 Å². The van der Waals surface area contributed by atoms with Crippen molar-refractivity contribution in [2.24, 2.45) is 17.8 Å². The fourth-order valence-electron chi connectivity index (χ4n) is 4.21. The van der Waals surface area contributed by atoms with E-state index in [9.17, 15) is 20.4 Å². The summed E-state index contributed by atoms with van der Waals surface area (Å²) >= 11 is 0. The lowest BCUT2D eigenvalue weighted by Crippen LogP contribution is -2.59. The Morgan fingerprint density at radius 2 is 1.20 bits per heavy atom. The van der Waals surface area contributed by atoms with Gasteiger partial charge in [-0.1, -0.05) is 79.1 Å². The number of ether oxygens (including phenoxy) is 2. The van der Waals surface area contributed by atoms with Gasteiger partial charge < -0.3 is 29.9 Å². The average Bonchev–Trinajstić information content (AvgIpc) is 2.68. The Morgan fingerprint density at radius 1 is 0.700 bits per heavy atom. The third kappa shape index (κ3) is 10.4. The number of aliphatic hydroxyl groups excluding tert-OH is 4. The number of hydrogen-bond acceptors (Lipinski definition) is 6. The van der Waals surface area contributed by atoms with Crippen molar-refractivity contribution in [3.63, 3.8) is 0 Å². The summed E-state index contributed by atoms with van der Waals surface area (Å²) in [5.74, 6) is 2.32. The largest absolute Gasteiger partial charge is 0.394 e. The highest BCUT2D eigenvalue weighted by atomic mass is 16.7. The van der Waals surface area contributed by atoms with Crippen LogP contribution in [0.25, 0.3) is 0 Å². The Kier molecular flexibility index (Phi) is 13.7. The van der Waals surface area contributed by atoms with Crippen molar-refractivity contribution in [3.8, 4) is 0 Å². The lowest BCUT2D eigenvalue weighted by atomic mass is 9.92. The fourth-order valence-corrected chi connectivity index (χ4v) is 4.21. The molecule has 0 amide bonds. The predicted octanol–water partition coefficient (Wildman–Crippen LogP) is 3.63. The first-order chi connectivity index (χ1) is 14.1. The molecule has 4 N–H and O–H groups in total. The molecule has 0 radical (unpaired) electrons. The van der Waals surface area contributed by atoms with E-state index in [4.69, 9.17) is 9.47 Å². The zero-order chi connectivity index (χ0) is 22.7. The van der Waals surface area contributed by atoms with Gasteiger partial charge in [-0.05, 0) is 31.1 Å². The van der Waals surface area contributed by atoms with E-state index in [1.807, 2.05) is 6.92 Å². The second-order valence-corrected chi connectivity index (χ2v) is 10.0. The van der Waals surface area contributed by atoms with Crippen LogP contribution in [0.3, 0.4) is 0 Å². The Labute approximate surface area is 184 Å². The molecule has 1 aliphatic rings. The first-order valence-corrected chi connectivity index (χ1v) is 12.1. The van der Waals surface area contributed by atoms with Gasteiger partial charge in [0, 0.05) is 0 Å². The van der Waals surface area contributed by atoms with E-state index >= 15 is 0 Å². The summed E-state index contributed by atoms with van der Waals surface area (Å²) in [6, 6.07) is 0. The van der Waals surface area contributed by atoms with Crippen molar-refractivity contribution in [1.82, 2.24) is 0 Å². The summed E-state index contributed by atoms with van der Waals surface area (Å²) in [5, 5.41) is 39.0. The standard InChI is InChI=1S/C24H48O6/c1-16(2)9-6-10-17(3)11-7-12-18(4)13-8-14-19(5)29-24-23(28)22(27)21(26)20(15-25)30-24/h16-28H,6-15H2,1-5H3/t17?,18?,19?,20-,21-,22+,23-,24?/m1/s1. The van der Waals surface area contributed by atoms with Crippen molar-refractivity contribution in [2.45, 2.75) is 129 Å². The molecule has 8 atom stereocenters. The third-order valence-corrected chi connectivity index (χ3v) is 6.39. The molecule has 0 aromatic rings. The molecule has 0 bridgehead atoms. The van der Waals surface area contributed by atoms with Crippen molar-refractivity contribution >= 4 is 0 Å². The Balaban J connectivity index is 2.17. The van der Waals surface area contributed by atoms with Crippen LogP contribution in [0.2, 0.25) is 0 Å². The normalized spacial score (nSPS) is 30.4. The predicted molar refractivity (Wildman–Crippen MR) is 119 cm³/mol. The van der Waals surface area contributed by atoms with Crippen LogP contribution in [0, 0.1) is 17.8 Å². The van der Waals surface area contributed by atoms with Crippen LogP contribution < -0.4 is 0 Å². The topological polar surface area (TPSA) is 99.4 Å². The monoisotopic (exact) mass is 432 g/mol. The van der Waals surface area contributed by atoms with E-state index in [2.05, 4.69) is 27.7 Å². The van der Waals surface area contributed by atoms with Gasteiger partial charge >= 0.3 is 0 Å². The minimum atomic E-state index is -1.39. The summed E-state index contributed by atoms with van der Waals surface area (Å²) in [6.45, 7) is 10.8. The fraction of sp³-hybridized carbons (Fsp3) is 1.00. The maximum absolute atomic E-state index is 10.1. The van der Waals surface area contributed by atoms with Gasteiger partial charge in [0.2, 0.25) is 0 Å². The van der Waals surface area contributed by atoms with E-state index in [0.29, 0.717) is 5.92 Å². The van der Waals surface area contributed by atoms with Crippen LogP contribution in [-0.4, -0.2) is 63.8 Å². The molecule has 180 valence electrons. The number of hydrogen-bond donors (Lipinski definition) is 4. The quantitative estimate of drug-likeness (QED) is 0.315. The molecule has 0 aliphatic carbocycles. The molecule has 30 heavy (non-hydrogen) atoms. The van der Waals surface area contributed by atoms with Gasteiger partial charge in [0.25, 0.3) is 0 Å². The van der Waals surface area contributed by atoms with Crippen molar-refractivity contribution < 1.29 is 29.9 Å². The molecule has 1 fully saturated rings. The van der Waals surface area contributed by atoms with Crippen LogP contribution >= 0.6 is 0 Å². The smallest absolute Gasteiger partial charge is 0.186 e. The zero-order valence-electron chi connectivity index (χ0n) is 19.9. The van der Waals surface area contributed by atoms with Gasteiger partial charge in [-0.2, -0.15) is 0 Å². The van der Waals surface area contributed by atoms with Gasteiger partial charge in [0.05, 0.1) is 12.7 Å². The summed E-state index contributed by atoms with van der Waals surface area (Å²) in [7, 11) is 0. The minimum Gasteiger partial charge on any atom is -0.394 e. The Hall–Kier alpha value is -0.240. The lowest BCUT2D eigenvalue weighted by Gasteiger charge is -2.40. The van der Waals surface area contributed by atoms with Crippen molar-refractivity contribution in [2.75, 3.05) is 6.61 Å². The molecule has 1 heterocycles. The first kappa shape index (κ1) is 27.8. The highest BCUT2D eigenvalue weighted by molar-refractivity contribution is 4.89. The van der Waals surface area contributed by atoms with Gasteiger partial charge in [-0.15, -0.1) is 0 Å². The van der Waals surface area contributed by atoms with Crippen LogP contribution in [0.1, 0.15) is 92.4 Å². The summed E-state index contributed by atoms with van der Waals surface area (Å²) < 4.78 is 11.2. The minimum absolute atomic E-state index is 0.139. The first-order valence-electron chi connectivity index (χ1n) is 12.1. The highest BCUT2D eigenvalue weighted by Crippen LogP contribution is 2.25. The molecule has 0 aromatic heterocycles. The maximum atomic E-state index is 10.1. The third-order valence-electron chi connectivity index (χ3n) is 6.39. The molecule has 0 aromatic carbocycles. The molecule has 1 aliphatic heterocycles. The van der Waals surface area contributed by atoms with E-state index in [0.717, 1.165) is 31.1 Å². The van der Waals surface area contributed by atoms with E-state index in [1.54, 1.807) is 0 Å². The average molecular weight is 433 g/mol. The van der Waals surface area contributed by atoms with Gasteiger partial charge in [0.15, 0.2) is 6.29 Å². The van der Waals surface area contributed by atoms with Gasteiger partial charge in [-0.3, -0.25) is 0 Å². The van der Waals surface area contributed by atoms with Gasteiger partial charge in [-0.25, -0.2) is 0 Å². The van der Waals surface area contributed by atoms with Crippen molar-refractivity contribution in [1.29, 1.82) is 0 Å². The van der Waals surface area contributed by atoms with Crippen LogP contribution in [0.5, 0.6) is 0 Å². The molecule has 6 nitrogen and oxygen atoms in total. The lowest BCUT2D eigenvalue weighted by molar-refractivity contribution is -0.310. The molecule has 4 unspecified atom stereocenters. The Bertz CT molecular complexity index is 430. The molecule has 0 saturated carbocycles. The van der Waals surface area contributed by atoms with Crippen molar-refractivity contribution in [3.05, 3.63) is 0 Å². The molecule has 1 rings (SSSR count). The summed E-state index contributed by atoms with van der Waals surface area (Å²) in [6.07, 6.45) is 4.75. The summed E-state index contributed by atoms with van der Waals surface area (Å²) in [4.78, 5) is 0. The second kappa shape index (κ2) is 14.8. The Morgan fingerprint density at radius 3 is 1.70 bits per heavy atom. The van der Waals surface area contributed by atoms with Gasteiger partial charge in [0.1, 0.15) is 24.4 Å². The molecule has 1 saturated heterocycles. The van der Waals surface area contributed by atoms with E-state index in [-0.39, 0.29) is 6.10 Å². The molecule has 6 heteroatoms. The van der Waals surface area contributed by atoms with Crippen LogP contribution in [0.15, 0.2) is 0 Å².